The molecule has 0 saturated carbocycles. The average molecular weight is 286 g/mol. The topological polar surface area (TPSA) is 33.7 Å². The molecule has 4 heteroatoms. The van der Waals surface area contributed by atoms with Gasteiger partial charge in [-0.1, -0.05) is 13.3 Å². The minimum Gasteiger partial charge on any atom is -0.353 e. The molecule has 0 aromatic rings. The van der Waals surface area contributed by atoms with Gasteiger partial charge in [-0.3, -0.25) is 0 Å². The highest BCUT2D eigenvalue weighted by Gasteiger charge is 2.17. The monoisotopic (exact) mass is 286 g/mol. The van der Waals surface area contributed by atoms with Crippen molar-refractivity contribution in [3.05, 3.63) is 0 Å². The molecule has 1 atom stereocenters. The van der Waals surface area contributed by atoms with Gasteiger partial charge in [0.15, 0.2) is 6.29 Å². The van der Waals surface area contributed by atoms with Crippen LogP contribution in [0.4, 0.5) is 0 Å². The van der Waals surface area contributed by atoms with Crippen LogP contribution in [0.25, 0.3) is 0 Å². The maximum Gasteiger partial charge on any atom is 0.158 e. The smallest absolute Gasteiger partial charge is 0.158 e. The molecule has 1 N–H and O–H groups in total. The van der Waals surface area contributed by atoms with Gasteiger partial charge in [0.05, 0.1) is 0 Å². The minimum atomic E-state index is -0.0383. The predicted octanol–water partition coefficient (Wildman–Crippen LogP) is 2.63. The molecule has 1 aliphatic rings. The summed E-state index contributed by atoms with van der Waals surface area (Å²) in [7, 11) is 0. The lowest BCUT2D eigenvalue weighted by atomic mass is 10.0. The molecule has 1 heterocycles. The van der Waals surface area contributed by atoms with Crippen molar-refractivity contribution in [3.63, 3.8) is 0 Å². The molecule has 0 aliphatic carbocycles. The highest BCUT2D eigenvalue weighted by molar-refractivity contribution is 4.76. The van der Waals surface area contributed by atoms with Gasteiger partial charge < -0.3 is 19.7 Å². The number of ether oxygens (including phenoxy) is 2. The first-order valence-electron chi connectivity index (χ1n) is 8.49. The Kier molecular flexibility index (Phi) is 10.3. The molecular formula is C16H34N2O2. The fourth-order valence-electron chi connectivity index (χ4n) is 2.88. The van der Waals surface area contributed by atoms with Crippen molar-refractivity contribution in [3.8, 4) is 0 Å². The summed E-state index contributed by atoms with van der Waals surface area (Å²) in [5, 5.41) is 3.64. The third-order valence-electron chi connectivity index (χ3n) is 3.82. The molecule has 1 rings (SSSR count). The summed E-state index contributed by atoms with van der Waals surface area (Å²) in [6.07, 6.45) is 6.16. The van der Waals surface area contributed by atoms with Gasteiger partial charge >= 0.3 is 0 Å². The predicted molar refractivity (Wildman–Crippen MR) is 84.0 cm³/mol. The fourth-order valence-corrected chi connectivity index (χ4v) is 2.88. The number of hydrogen-bond donors (Lipinski definition) is 1. The van der Waals surface area contributed by atoms with Crippen LogP contribution in [0.15, 0.2) is 0 Å². The average Bonchev–Trinajstić information content (AvgIpc) is 2.46. The van der Waals surface area contributed by atoms with Gasteiger partial charge in [-0.25, -0.2) is 0 Å². The quantitative estimate of drug-likeness (QED) is 0.592. The van der Waals surface area contributed by atoms with E-state index in [4.69, 9.17) is 9.47 Å². The number of rotatable bonds is 11. The van der Waals surface area contributed by atoms with Gasteiger partial charge in [0.1, 0.15) is 0 Å². The highest BCUT2D eigenvalue weighted by Crippen LogP contribution is 2.10. The first-order valence-corrected chi connectivity index (χ1v) is 8.49. The van der Waals surface area contributed by atoms with Crippen molar-refractivity contribution >= 4 is 0 Å². The van der Waals surface area contributed by atoms with Crippen molar-refractivity contribution < 1.29 is 9.47 Å². The van der Waals surface area contributed by atoms with E-state index >= 15 is 0 Å². The minimum absolute atomic E-state index is 0.0383. The van der Waals surface area contributed by atoms with Crippen LogP contribution in [-0.2, 0) is 9.47 Å². The largest absolute Gasteiger partial charge is 0.353 e. The van der Waals surface area contributed by atoms with E-state index in [1.165, 1.54) is 45.3 Å². The second-order valence-corrected chi connectivity index (χ2v) is 5.58. The zero-order chi connectivity index (χ0) is 14.6. The number of nitrogens with one attached hydrogen (secondary N) is 1. The zero-order valence-corrected chi connectivity index (χ0v) is 13.7. The van der Waals surface area contributed by atoms with Gasteiger partial charge in [0, 0.05) is 38.8 Å². The lowest BCUT2D eigenvalue weighted by Crippen LogP contribution is -2.44. The molecule has 0 amide bonds. The Hall–Kier alpha value is -0.160. The molecule has 20 heavy (non-hydrogen) atoms. The lowest BCUT2D eigenvalue weighted by molar-refractivity contribution is -0.141. The van der Waals surface area contributed by atoms with Crippen molar-refractivity contribution in [2.75, 3.05) is 39.4 Å². The molecule has 120 valence electrons. The van der Waals surface area contributed by atoms with E-state index in [9.17, 15) is 0 Å². The second kappa shape index (κ2) is 11.5. The summed E-state index contributed by atoms with van der Waals surface area (Å²) in [6.45, 7) is 12.3. The molecule has 4 nitrogen and oxygen atoms in total. The van der Waals surface area contributed by atoms with Crippen LogP contribution in [0.5, 0.6) is 0 Å². The summed E-state index contributed by atoms with van der Waals surface area (Å²) in [5.41, 5.74) is 0. The van der Waals surface area contributed by atoms with Crippen LogP contribution < -0.4 is 5.32 Å². The molecule has 1 unspecified atom stereocenters. The Morgan fingerprint density at radius 2 is 1.85 bits per heavy atom. The first kappa shape index (κ1) is 17.9. The molecule has 0 bridgehead atoms. The van der Waals surface area contributed by atoms with E-state index in [0.29, 0.717) is 6.04 Å². The van der Waals surface area contributed by atoms with Crippen LogP contribution in [0.2, 0.25) is 0 Å². The van der Waals surface area contributed by atoms with Crippen LogP contribution in [-0.4, -0.2) is 56.6 Å². The Morgan fingerprint density at radius 3 is 2.40 bits per heavy atom. The van der Waals surface area contributed by atoms with Crippen molar-refractivity contribution in [2.24, 2.45) is 0 Å². The summed E-state index contributed by atoms with van der Waals surface area (Å²) < 4.78 is 11.3. The molecular weight excluding hydrogens is 252 g/mol. The van der Waals surface area contributed by atoms with Gasteiger partial charge in [-0.05, 0) is 46.2 Å². The van der Waals surface area contributed by atoms with Crippen LogP contribution in [0.3, 0.4) is 0 Å². The van der Waals surface area contributed by atoms with E-state index in [-0.39, 0.29) is 6.29 Å². The Balaban J connectivity index is 2.32. The normalized spacial score (nSPS) is 19.9. The van der Waals surface area contributed by atoms with E-state index in [0.717, 1.165) is 26.2 Å². The third-order valence-corrected chi connectivity index (χ3v) is 3.82. The van der Waals surface area contributed by atoms with Crippen LogP contribution >= 0.6 is 0 Å². The highest BCUT2D eigenvalue weighted by atomic mass is 16.7. The van der Waals surface area contributed by atoms with E-state index in [1.807, 2.05) is 13.8 Å². The summed E-state index contributed by atoms with van der Waals surface area (Å²) in [5.74, 6) is 0. The van der Waals surface area contributed by atoms with E-state index < -0.39 is 0 Å². The second-order valence-electron chi connectivity index (χ2n) is 5.58. The standard InChI is InChI=1S/C16H34N2O2/c1-4-12-18(14-15-9-7-8-11-17-15)13-10-16(19-5-2)20-6-3/h15-17H,4-14H2,1-3H3. The fraction of sp³-hybridized carbons (Fsp3) is 1.00. The van der Waals surface area contributed by atoms with Gasteiger partial charge in [-0.15, -0.1) is 0 Å². The van der Waals surface area contributed by atoms with Gasteiger partial charge in [-0.2, -0.15) is 0 Å². The third kappa shape index (κ3) is 7.58. The number of hydrogen-bond acceptors (Lipinski definition) is 4. The molecule has 0 aromatic heterocycles. The lowest BCUT2D eigenvalue weighted by Gasteiger charge is -2.31. The molecule has 1 aliphatic heterocycles. The molecule has 0 aromatic carbocycles. The maximum atomic E-state index is 5.64. The Bertz CT molecular complexity index is 215. The number of piperidine rings is 1. The van der Waals surface area contributed by atoms with E-state index in [2.05, 4.69) is 17.1 Å². The number of nitrogens with zero attached hydrogens (tertiary/aromatic N) is 1. The molecule has 0 radical (unpaired) electrons. The first-order chi connectivity index (χ1) is 9.80. The molecule has 0 spiro atoms. The van der Waals surface area contributed by atoms with Gasteiger partial charge in [0.25, 0.3) is 0 Å². The maximum absolute atomic E-state index is 5.64. The summed E-state index contributed by atoms with van der Waals surface area (Å²) >= 11 is 0. The van der Waals surface area contributed by atoms with Crippen molar-refractivity contribution in [1.29, 1.82) is 0 Å². The molecule has 1 saturated heterocycles. The van der Waals surface area contributed by atoms with E-state index in [1.54, 1.807) is 0 Å². The SMILES string of the molecule is CCCN(CCC(OCC)OCC)CC1CCCCN1. The molecule has 1 fully saturated rings. The zero-order valence-electron chi connectivity index (χ0n) is 13.7. The van der Waals surface area contributed by atoms with Crippen LogP contribution in [0.1, 0.15) is 52.9 Å². The summed E-state index contributed by atoms with van der Waals surface area (Å²) in [6, 6.07) is 0.674. The van der Waals surface area contributed by atoms with Crippen LogP contribution in [0, 0.1) is 0 Å². The van der Waals surface area contributed by atoms with Crippen molar-refractivity contribution in [1.82, 2.24) is 10.2 Å². The Labute approximate surface area is 125 Å². The van der Waals surface area contributed by atoms with Crippen molar-refractivity contribution in [2.45, 2.75) is 65.2 Å². The van der Waals surface area contributed by atoms with Gasteiger partial charge in [0.2, 0.25) is 0 Å². The Morgan fingerprint density at radius 1 is 1.10 bits per heavy atom. The summed E-state index contributed by atoms with van der Waals surface area (Å²) in [4.78, 5) is 2.56.